The molecule has 1 aromatic carbocycles. The SMILES string of the molecule is CN1C(N)=N[C@](C)(c2cc(NC(=O)/C(N)=C/C=C\N)cc(F)c2F)CS1(=O)=O. The molecule has 7 N–H and O–H groups in total. The fourth-order valence-corrected chi connectivity index (χ4v) is 4.03. The van der Waals surface area contributed by atoms with Crippen LogP contribution in [0.3, 0.4) is 0 Å². The van der Waals surface area contributed by atoms with Gasteiger partial charge in [0.2, 0.25) is 16.0 Å². The third kappa shape index (κ3) is 4.06. The minimum absolute atomic E-state index is 0.140. The highest BCUT2D eigenvalue weighted by Gasteiger charge is 2.42. The maximum atomic E-state index is 14.5. The fraction of sp³-hybridized carbons (Fsp3) is 0.250. The number of nitrogens with two attached hydrogens (primary N) is 3. The number of benzene rings is 1. The Hall–Kier alpha value is -3.15. The molecule has 1 heterocycles. The second-order valence-corrected chi connectivity index (χ2v) is 8.25. The summed E-state index contributed by atoms with van der Waals surface area (Å²) in [5.74, 6) is -4.41. The average Bonchev–Trinajstić information content (AvgIpc) is 2.59. The monoisotopic (exact) mass is 414 g/mol. The Kier molecular flexibility index (Phi) is 5.64. The van der Waals surface area contributed by atoms with Crippen molar-refractivity contribution in [1.29, 1.82) is 0 Å². The van der Waals surface area contributed by atoms with Gasteiger partial charge in [0.05, 0.1) is 11.4 Å². The van der Waals surface area contributed by atoms with E-state index in [0.29, 0.717) is 0 Å². The molecule has 0 aromatic heterocycles. The molecular formula is C16H20F2N6O3S. The highest BCUT2D eigenvalue weighted by molar-refractivity contribution is 7.89. The molecule has 2 rings (SSSR count). The number of amides is 1. The molecule has 1 atom stereocenters. The number of nitrogens with one attached hydrogen (secondary N) is 1. The van der Waals surface area contributed by atoms with Crippen LogP contribution >= 0.6 is 0 Å². The average molecular weight is 414 g/mol. The van der Waals surface area contributed by atoms with Crippen LogP contribution in [0.2, 0.25) is 0 Å². The van der Waals surface area contributed by atoms with E-state index in [2.05, 4.69) is 10.3 Å². The maximum absolute atomic E-state index is 14.5. The molecule has 9 nitrogen and oxygen atoms in total. The van der Waals surface area contributed by atoms with Gasteiger partial charge in [0.1, 0.15) is 5.54 Å². The van der Waals surface area contributed by atoms with E-state index in [1.54, 1.807) is 0 Å². The van der Waals surface area contributed by atoms with Crippen LogP contribution in [0.15, 0.2) is 41.2 Å². The summed E-state index contributed by atoms with van der Waals surface area (Å²) in [4.78, 5) is 16.1. The van der Waals surface area contributed by atoms with Crippen LogP contribution in [0.4, 0.5) is 14.5 Å². The zero-order chi connectivity index (χ0) is 21.3. The van der Waals surface area contributed by atoms with E-state index in [1.807, 2.05) is 0 Å². The molecule has 0 saturated carbocycles. The third-order valence-electron chi connectivity index (χ3n) is 4.08. The normalized spacial score (nSPS) is 22.2. The van der Waals surface area contributed by atoms with Crippen molar-refractivity contribution < 1.29 is 22.0 Å². The maximum Gasteiger partial charge on any atom is 0.271 e. The van der Waals surface area contributed by atoms with E-state index in [0.717, 1.165) is 22.6 Å². The number of allylic oxidation sites excluding steroid dienone is 2. The summed E-state index contributed by atoms with van der Waals surface area (Å²) < 4.78 is 53.9. The van der Waals surface area contributed by atoms with Gasteiger partial charge in [-0.1, -0.05) is 0 Å². The van der Waals surface area contributed by atoms with Crippen molar-refractivity contribution in [3.05, 3.63) is 53.4 Å². The number of sulfonamides is 1. The third-order valence-corrected chi connectivity index (χ3v) is 6.03. The smallest absolute Gasteiger partial charge is 0.271 e. The lowest BCUT2D eigenvalue weighted by atomic mass is 9.93. The topological polar surface area (TPSA) is 157 Å². The van der Waals surface area contributed by atoms with Crippen molar-refractivity contribution in [2.24, 2.45) is 22.2 Å². The Morgan fingerprint density at radius 3 is 2.61 bits per heavy atom. The molecule has 152 valence electrons. The molecule has 1 aliphatic heterocycles. The Morgan fingerprint density at radius 2 is 2.04 bits per heavy atom. The summed E-state index contributed by atoms with van der Waals surface area (Å²) in [5, 5.41) is 2.30. The number of nitrogens with zero attached hydrogens (tertiary/aromatic N) is 2. The predicted octanol–water partition coefficient (Wildman–Crippen LogP) is 0.0234. The number of halogens is 2. The van der Waals surface area contributed by atoms with Crippen LogP contribution in [0, 0.1) is 11.6 Å². The summed E-state index contributed by atoms with van der Waals surface area (Å²) in [6.45, 7) is 1.30. The van der Waals surface area contributed by atoms with Crippen LogP contribution in [0.25, 0.3) is 0 Å². The van der Waals surface area contributed by atoms with Crippen molar-refractivity contribution in [1.82, 2.24) is 4.31 Å². The molecule has 0 fully saturated rings. The number of aliphatic imine (C=N–C) groups is 1. The quantitative estimate of drug-likeness (QED) is 0.402. The molecule has 0 radical (unpaired) electrons. The molecule has 1 aliphatic rings. The number of hydrogen-bond donors (Lipinski definition) is 4. The highest BCUT2D eigenvalue weighted by Crippen LogP contribution is 2.35. The van der Waals surface area contributed by atoms with Crippen LogP contribution in [0.1, 0.15) is 12.5 Å². The lowest BCUT2D eigenvalue weighted by molar-refractivity contribution is -0.112. The number of carbonyl (C=O) groups is 1. The molecule has 0 aliphatic carbocycles. The summed E-state index contributed by atoms with van der Waals surface area (Å²) in [7, 11) is -2.70. The number of anilines is 1. The highest BCUT2D eigenvalue weighted by atomic mass is 32.2. The minimum atomic E-state index is -3.90. The molecule has 0 spiro atoms. The molecule has 0 saturated heterocycles. The van der Waals surface area contributed by atoms with Crippen molar-refractivity contribution >= 4 is 27.6 Å². The van der Waals surface area contributed by atoms with Gasteiger partial charge in [-0.15, -0.1) is 0 Å². The van der Waals surface area contributed by atoms with Gasteiger partial charge in [-0.05, 0) is 31.3 Å². The van der Waals surface area contributed by atoms with E-state index >= 15 is 0 Å². The van der Waals surface area contributed by atoms with Crippen molar-refractivity contribution in [3.8, 4) is 0 Å². The molecule has 28 heavy (non-hydrogen) atoms. The van der Waals surface area contributed by atoms with Gasteiger partial charge in [0.15, 0.2) is 11.6 Å². The standard InChI is InChI=1S/C16H20F2N6O3S/c1-16(8-28(26,27)24(2)15(21)23-16)10-6-9(7-11(17)13(10)18)22-14(25)12(20)4-3-5-19/h3-7H,8,19-20H2,1-2H3,(H2,21,23)(H,22,25)/b5-3-,12-4-/t16-/m0/s1. The number of hydrogen-bond acceptors (Lipinski definition) is 7. The minimum Gasteiger partial charge on any atom is -0.405 e. The van der Waals surface area contributed by atoms with Crippen LogP contribution in [-0.2, 0) is 20.4 Å². The first-order chi connectivity index (χ1) is 12.9. The molecule has 0 bridgehead atoms. The van der Waals surface area contributed by atoms with Crippen LogP contribution in [-0.4, -0.2) is 37.4 Å². The lowest BCUT2D eigenvalue weighted by Gasteiger charge is -2.34. The zero-order valence-electron chi connectivity index (χ0n) is 15.1. The summed E-state index contributed by atoms with van der Waals surface area (Å²) in [6.07, 6.45) is 3.68. The van der Waals surface area contributed by atoms with Gasteiger partial charge in [-0.3, -0.25) is 4.79 Å². The Bertz CT molecular complexity index is 1010. The van der Waals surface area contributed by atoms with Crippen LogP contribution in [0.5, 0.6) is 0 Å². The van der Waals surface area contributed by atoms with E-state index in [9.17, 15) is 22.0 Å². The lowest BCUT2D eigenvalue weighted by Crippen LogP contribution is -2.50. The molecule has 0 unspecified atom stereocenters. The number of carbonyl (C=O) groups excluding carboxylic acids is 1. The molecule has 1 aromatic rings. The first kappa shape index (κ1) is 21.2. The van der Waals surface area contributed by atoms with Gasteiger partial charge in [-0.2, -0.15) is 0 Å². The van der Waals surface area contributed by atoms with Crippen molar-refractivity contribution in [3.63, 3.8) is 0 Å². The van der Waals surface area contributed by atoms with Gasteiger partial charge in [-0.25, -0.2) is 26.5 Å². The van der Waals surface area contributed by atoms with E-state index in [1.165, 1.54) is 26.1 Å². The van der Waals surface area contributed by atoms with Crippen LogP contribution < -0.4 is 22.5 Å². The number of guanidine groups is 1. The first-order valence-electron chi connectivity index (χ1n) is 7.88. The second kappa shape index (κ2) is 7.46. The van der Waals surface area contributed by atoms with Gasteiger partial charge < -0.3 is 22.5 Å². The van der Waals surface area contributed by atoms with Gasteiger partial charge in [0.25, 0.3) is 5.91 Å². The number of rotatable bonds is 4. The fourth-order valence-electron chi connectivity index (χ4n) is 2.58. The van der Waals surface area contributed by atoms with Gasteiger partial charge in [0, 0.05) is 24.4 Å². The van der Waals surface area contributed by atoms with Crippen molar-refractivity contribution in [2.75, 3.05) is 18.1 Å². The molecule has 1 amide bonds. The Morgan fingerprint density at radius 1 is 1.39 bits per heavy atom. The second-order valence-electron chi connectivity index (χ2n) is 6.25. The summed E-state index contributed by atoms with van der Waals surface area (Å²) >= 11 is 0. The molecule has 12 heteroatoms. The van der Waals surface area contributed by atoms with Gasteiger partial charge >= 0.3 is 0 Å². The van der Waals surface area contributed by atoms with E-state index in [-0.39, 0.29) is 22.9 Å². The van der Waals surface area contributed by atoms with E-state index in [4.69, 9.17) is 17.2 Å². The Labute approximate surface area is 160 Å². The van der Waals surface area contributed by atoms with E-state index < -0.39 is 38.9 Å². The summed E-state index contributed by atoms with van der Waals surface area (Å²) in [6, 6.07) is 1.82. The predicted molar refractivity (Wildman–Crippen MR) is 101 cm³/mol. The first-order valence-corrected chi connectivity index (χ1v) is 9.49. The Balaban J connectivity index is 2.51. The summed E-state index contributed by atoms with van der Waals surface area (Å²) in [5.41, 5.74) is 13.9. The zero-order valence-corrected chi connectivity index (χ0v) is 15.9. The molecular weight excluding hydrogens is 394 g/mol. The van der Waals surface area contributed by atoms with Crippen molar-refractivity contribution in [2.45, 2.75) is 12.5 Å². The largest absolute Gasteiger partial charge is 0.405 e.